The van der Waals surface area contributed by atoms with Crippen LogP contribution in [0.5, 0.6) is 0 Å². The van der Waals surface area contributed by atoms with E-state index >= 15 is 0 Å². The summed E-state index contributed by atoms with van der Waals surface area (Å²) in [5, 5.41) is 15.8. The van der Waals surface area contributed by atoms with Gasteiger partial charge < -0.3 is 20.3 Å². The molecule has 2 aliphatic heterocycles. The minimum absolute atomic E-state index is 0.155. The van der Waals surface area contributed by atoms with Crippen LogP contribution in [0.1, 0.15) is 60.3 Å². The summed E-state index contributed by atoms with van der Waals surface area (Å²) < 4.78 is 5.31. The fourth-order valence-electron chi connectivity index (χ4n) is 4.33. The van der Waals surface area contributed by atoms with Crippen LogP contribution in [0.3, 0.4) is 0 Å². The van der Waals surface area contributed by atoms with Gasteiger partial charge in [0.2, 0.25) is 5.91 Å². The minimum atomic E-state index is -0.903. The predicted molar refractivity (Wildman–Crippen MR) is 116 cm³/mol. The Morgan fingerprint density at radius 1 is 1.17 bits per heavy atom. The van der Waals surface area contributed by atoms with Crippen LogP contribution in [0.15, 0.2) is 0 Å². The molecule has 0 aromatic carbocycles. The van der Waals surface area contributed by atoms with Crippen molar-refractivity contribution in [2.75, 3.05) is 39.4 Å². The molecule has 0 aromatic rings. The number of urea groups is 1. The molecule has 0 aliphatic carbocycles. The molecule has 2 unspecified atom stereocenters. The predicted octanol–water partition coefficient (Wildman–Crippen LogP) is 2.11. The van der Waals surface area contributed by atoms with Crippen LogP contribution in [0.25, 0.3) is 0 Å². The van der Waals surface area contributed by atoms with E-state index in [0.717, 1.165) is 19.4 Å². The van der Waals surface area contributed by atoms with Crippen molar-refractivity contribution in [3.05, 3.63) is 0 Å². The summed E-state index contributed by atoms with van der Waals surface area (Å²) in [7, 11) is 0. The molecule has 8 heteroatoms. The number of nitrogens with one attached hydrogen (secondary N) is 2. The summed E-state index contributed by atoms with van der Waals surface area (Å²) >= 11 is 0. The molecule has 8 nitrogen and oxygen atoms in total. The third-order valence-corrected chi connectivity index (χ3v) is 6.06. The highest BCUT2D eigenvalue weighted by Gasteiger charge is 2.43. The van der Waals surface area contributed by atoms with E-state index in [1.165, 1.54) is 0 Å². The van der Waals surface area contributed by atoms with Crippen molar-refractivity contribution in [2.24, 2.45) is 5.41 Å². The highest BCUT2D eigenvalue weighted by molar-refractivity contribution is 5.88. The van der Waals surface area contributed by atoms with Gasteiger partial charge in [-0.3, -0.25) is 9.69 Å². The molecule has 2 atom stereocenters. The quantitative estimate of drug-likeness (QED) is 0.656. The Bertz CT molecular complexity index is 632. The Kier molecular flexibility index (Phi) is 8.51. The summed E-state index contributed by atoms with van der Waals surface area (Å²) in [5.74, 6) is -0.278. The molecule has 170 valence electrons. The van der Waals surface area contributed by atoms with Gasteiger partial charge in [0.05, 0.1) is 19.3 Å². The van der Waals surface area contributed by atoms with Crippen LogP contribution < -0.4 is 10.6 Å². The highest BCUT2D eigenvalue weighted by Crippen LogP contribution is 2.26. The number of carbonyl (C=O) groups excluding carboxylic acids is 2. The molecule has 2 heterocycles. The first-order chi connectivity index (χ1) is 14.1. The minimum Gasteiger partial charge on any atom is -0.378 e. The Hall–Kier alpha value is -1.85. The van der Waals surface area contributed by atoms with Gasteiger partial charge in [0.1, 0.15) is 11.6 Å². The third kappa shape index (κ3) is 6.58. The van der Waals surface area contributed by atoms with Gasteiger partial charge in [0, 0.05) is 32.2 Å². The van der Waals surface area contributed by atoms with Crippen molar-refractivity contribution in [3.63, 3.8) is 0 Å². The lowest BCUT2D eigenvalue weighted by atomic mass is 9.87. The largest absolute Gasteiger partial charge is 0.378 e. The Balaban J connectivity index is 2.09. The van der Waals surface area contributed by atoms with Gasteiger partial charge in [0.15, 0.2) is 0 Å². The Morgan fingerprint density at radius 3 is 2.33 bits per heavy atom. The lowest BCUT2D eigenvalue weighted by Crippen LogP contribution is -2.59. The zero-order chi connectivity index (χ0) is 22.4. The normalized spacial score (nSPS) is 23.8. The van der Waals surface area contributed by atoms with E-state index in [0.29, 0.717) is 51.7 Å². The fraction of sp³-hybridized carbons (Fsp3) is 0.864. The van der Waals surface area contributed by atoms with E-state index in [2.05, 4.69) is 35.5 Å². The molecular weight excluding hydrogens is 382 g/mol. The van der Waals surface area contributed by atoms with Crippen LogP contribution in [0.2, 0.25) is 0 Å². The van der Waals surface area contributed by atoms with E-state index in [1.54, 1.807) is 4.90 Å². The second kappa shape index (κ2) is 10.5. The summed E-state index contributed by atoms with van der Waals surface area (Å²) in [4.78, 5) is 29.9. The number of amides is 3. The molecule has 2 aliphatic rings. The maximum Gasteiger partial charge on any atom is 0.318 e. The Morgan fingerprint density at radius 2 is 1.80 bits per heavy atom. The van der Waals surface area contributed by atoms with Crippen LogP contribution in [0, 0.1) is 16.7 Å². The number of ether oxygens (including phenoxy) is 1. The first kappa shape index (κ1) is 24.4. The highest BCUT2D eigenvalue weighted by atomic mass is 16.5. The second-order valence-corrected chi connectivity index (χ2v) is 9.74. The topological polar surface area (TPSA) is 97.7 Å². The summed E-state index contributed by atoms with van der Waals surface area (Å²) in [6.07, 6.45) is 3.14. The van der Waals surface area contributed by atoms with Crippen molar-refractivity contribution >= 4 is 11.9 Å². The molecule has 0 aromatic heterocycles. The zero-order valence-corrected chi connectivity index (χ0v) is 19.3. The van der Waals surface area contributed by atoms with Gasteiger partial charge >= 0.3 is 6.03 Å². The Labute approximate surface area is 181 Å². The van der Waals surface area contributed by atoms with Crippen molar-refractivity contribution in [3.8, 4) is 6.07 Å². The molecule has 2 saturated heterocycles. The molecule has 2 fully saturated rings. The number of likely N-dealkylation sites (tertiary alicyclic amines) is 1. The van der Waals surface area contributed by atoms with Crippen molar-refractivity contribution in [1.82, 2.24) is 20.4 Å². The number of rotatable bonds is 7. The van der Waals surface area contributed by atoms with Gasteiger partial charge in [-0.25, -0.2) is 4.79 Å². The monoisotopic (exact) mass is 421 g/mol. The SMILES string of the molecule is CCC(CC)N1CCC(C#N)(NC(=O)C(CC(C)(C)C)NC(=O)N2CCOCC2)C1. The van der Waals surface area contributed by atoms with E-state index in [-0.39, 0.29) is 17.4 Å². The van der Waals surface area contributed by atoms with Gasteiger partial charge in [-0.2, -0.15) is 5.26 Å². The van der Waals surface area contributed by atoms with Crippen LogP contribution in [0.4, 0.5) is 4.79 Å². The number of nitriles is 1. The third-order valence-electron chi connectivity index (χ3n) is 6.06. The average Bonchev–Trinajstić information content (AvgIpc) is 3.12. The maximum absolute atomic E-state index is 13.2. The zero-order valence-electron chi connectivity index (χ0n) is 19.3. The molecule has 0 bridgehead atoms. The molecule has 0 radical (unpaired) electrons. The lowest BCUT2D eigenvalue weighted by molar-refractivity contribution is -0.125. The molecule has 2 rings (SSSR count). The summed E-state index contributed by atoms with van der Waals surface area (Å²) in [6, 6.07) is 1.84. The standard InChI is InChI=1S/C22H39N5O3/c1-6-17(7-2)27-9-8-22(15-23,16-27)25-19(28)18(14-21(3,4)5)24-20(29)26-10-12-30-13-11-26/h17-18H,6-14,16H2,1-5H3,(H,24,29)(H,25,28). The number of nitrogens with zero attached hydrogens (tertiary/aromatic N) is 3. The lowest BCUT2D eigenvalue weighted by Gasteiger charge is -2.33. The van der Waals surface area contributed by atoms with Crippen molar-refractivity contribution in [1.29, 1.82) is 5.26 Å². The number of hydrogen-bond donors (Lipinski definition) is 2. The molecule has 0 saturated carbocycles. The number of morpholine rings is 1. The first-order valence-corrected chi connectivity index (χ1v) is 11.2. The maximum atomic E-state index is 13.2. The van der Waals surface area contributed by atoms with Gasteiger partial charge in [-0.15, -0.1) is 0 Å². The van der Waals surface area contributed by atoms with E-state index in [9.17, 15) is 14.9 Å². The smallest absolute Gasteiger partial charge is 0.318 e. The fourth-order valence-corrected chi connectivity index (χ4v) is 4.33. The van der Waals surface area contributed by atoms with Crippen LogP contribution in [-0.2, 0) is 9.53 Å². The number of carbonyl (C=O) groups is 2. The van der Waals surface area contributed by atoms with E-state index in [1.807, 2.05) is 20.8 Å². The molecule has 2 N–H and O–H groups in total. The first-order valence-electron chi connectivity index (χ1n) is 11.2. The molecule has 0 spiro atoms. The van der Waals surface area contributed by atoms with Crippen molar-refractivity contribution < 1.29 is 14.3 Å². The van der Waals surface area contributed by atoms with Gasteiger partial charge in [-0.1, -0.05) is 34.6 Å². The number of hydrogen-bond acceptors (Lipinski definition) is 5. The summed E-state index contributed by atoms with van der Waals surface area (Å²) in [6.45, 7) is 13.8. The van der Waals surface area contributed by atoms with Crippen molar-refractivity contribution in [2.45, 2.75) is 77.9 Å². The average molecular weight is 422 g/mol. The molecule has 3 amide bonds. The van der Waals surface area contributed by atoms with E-state index in [4.69, 9.17) is 4.74 Å². The second-order valence-electron chi connectivity index (χ2n) is 9.74. The van der Waals surface area contributed by atoms with Crippen LogP contribution in [-0.4, -0.2) is 78.8 Å². The van der Waals surface area contributed by atoms with Gasteiger partial charge in [0.25, 0.3) is 0 Å². The van der Waals surface area contributed by atoms with E-state index < -0.39 is 11.6 Å². The molecule has 30 heavy (non-hydrogen) atoms. The van der Waals surface area contributed by atoms with Crippen LogP contribution >= 0.6 is 0 Å². The summed E-state index contributed by atoms with van der Waals surface area (Å²) in [5.41, 5.74) is -1.06. The van der Waals surface area contributed by atoms with Gasteiger partial charge in [-0.05, 0) is 31.1 Å². The molecular formula is C22H39N5O3.